The number of amides is 1. The van der Waals surface area contributed by atoms with Crippen LogP contribution in [0.25, 0.3) is 16.9 Å². The normalized spacial score (nSPS) is 10.7. The van der Waals surface area contributed by atoms with Crippen LogP contribution < -0.4 is 5.32 Å². The Balaban J connectivity index is 2.30. The summed E-state index contributed by atoms with van der Waals surface area (Å²) in [6.45, 7) is 1.43. The monoisotopic (exact) mass is 287 g/mol. The molecular formula is C13H10ClN5O. The smallest absolute Gasteiger partial charge is 0.222 e. The molecule has 3 rings (SSSR count). The van der Waals surface area contributed by atoms with Crippen molar-refractivity contribution in [2.24, 2.45) is 0 Å². The van der Waals surface area contributed by atoms with Crippen molar-refractivity contribution in [1.29, 1.82) is 0 Å². The molecule has 0 bridgehead atoms. The summed E-state index contributed by atoms with van der Waals surface area (Å²) in [7, 11) is 0. The van der Waals surface area contributed by atoms with Crippen molar-refractivity contribution >= 4 is 29.0 Å². The zero-order valence-electron chi connectivity index (χ0n) is 10.5. The van der Waals surface area contributed by atoms with Gasteiger partial charge in [-0.3, -0.25) is 9.78 Å². The van der Waals surface area contributed by atoms with Crippen LogP contribution in [0, 0.1) is 0 Å². The van der Waals surface area contributed by atoms with Gasteiger partial charge in [0, 0.05) is 24.9 Å². The molecule has 7 heteroatoms. The van der Waals surface area contributed by atoms with E-state index in [2.05, 4.69) is 20.4 Å². The fraction of sp³-hybridized carbons (Fsp3) is 0.0769. The maximum absolute atomic E-state index is 11.3. The van der Waals surface area contributed by atoms with Crippen LogP contribution >= 0.6 is 11.6 Å². The highest BCUT2D eigenvalue weighted by molar-refractivity contribution is 6.29. The number of rotatable bonds is 2. The summed E-state index contributed by atoms with van der Waals surface area (Å²) in [5.74, 6) is 0.244. The van der Waals surface area contributed by atoms with Crippen LogP contribution in [0.5, 0.6) is 0 Å². The van der Waals surface area contributed by atoms with Crippen molar-refractivity contribution in [3.05, 3.63) is 41.8 Å². The van der Waals surface area contributed by atoms with E-state index in [9.17, 15) is 4.79 Å². The van der Waals surface area contributed by atoms with Crippen LogP contribution in [0.1, 0.15) is 6.92 Å². The molecule has 0 aliphatic heterocycles. The van der Waals surface area contributed by atoms with E-state index in [1.807, 2.05) is 12.1 Å². The zero-order valence-corrected chi connectivity index (χ0v) is 11.3. The van der Waals surface area contributed by atoms with Crippen molar-refractivity contribution < 1.29 is 4.79 Å². The number of nitrogens with one attached hydrogen (secondary N) is 1. The van der Waals surface area contributed by atoms with Crippen molar-refractivity contribution in [3.63, 3.8) is 0 Å². The number of halogens is 1. The highest BCUT2D eigenvalue weighted by Gasteiger charge is 2.16. The first kappa shape index (κ1) is 12.6. The molecule has 3 heterocycles. The Morgan fingerprint density at radius 3 is 2.70 bits per heavy atom. The van der Waals surface area contributed by atoms with Crippen LogP contribution in [-0.2, 0) is 4.79 Å². The van der Waals surface area contributed by atoms with E-state index in [0.717, 1.165) is 5.56 Å². The second-order valence-corrected chi connectivity index (χ2v) is 4.54. The molecule has 0 unspecified atom stereocenters. The van der Waals surface area contributed by atoms with Crippen molar-refractivity contribution in [2.75, 3.05) is 5.32 Å². The number of anilines is 1. The summed E-state index contributed by atoms with van der Waals surface area (Å²) >= 11 is 5.93. The molecule has 100 valence electrons. The van der Waals surface area contributed by atoms with Crippen LogP contribution in [-0.4, -0.2) is 25.5 Å². The van der Waals surface area contributed by atoms with E-state index in [4.69, 9.17) is 11.6 Å². The van der Waals surface area contributed by atoms with Crippen LogP contribution in [0.4, 0.5) is 5.82 Å². The summed E-state index contributed by atoms with van der Waals surface area (Å²) in [6.07, 6.45) is 3.33. The molecule has 0 aromatic carbocycles. The van der Waals surface area contributed by atoms with Gasteiger partial charge in [-0.25, -0.2) is 9.50 Å². The Hall–Kier alpha value is -2.47. The molecule has 0 radical (unpaired) electrons. The highest BCUT2D eigenvalue weighted by Crippen LogP contribution is 2.28. The molecule has 0 saturated heterocycles. The second kappa shape index (κ2) is 4.90. The second-order valence-electron chi connectivity index (χ2n) is 4.15. The summed E-state index contributed by atoms with van der Waals surface area (Å²) < 4.78 is 1.60. The predicted octanol–water partition coefficient (Wildman–Crippen LogP) is 2.40. The minimum Gasteiger partial charge on any atom is -0.309 e. The third-order valence-corrected chi connectivity index (χ3v) is 2.89. The van der Waals surface area contributed by atoms with Gasteiger partial charge in [0.1, 0.15) is 10.8 Å². The molecule has 0 fully saturated rings. The van der Waals surface area contributed by atoms with Gasteiger partial charge in [0.05, 0.1) is 0 Å². The quantitative estimate of drug-likeness (QED) is 0.785. The maximum atomic E-state index is 11.3. The molecule has 0 aliphatic rings. The molecule has 0 atom stereocenters. The van der Waals surface area contributed by atoms with Gasteiger partial charge in [0.15, 0.2) is 11.5 Å². The highest BCUT2D eigenvalue weighted by atomic mass is 35.5. The molecule has 0 saturated carbocycles. The van der Waals surface area contributed by atoms with Crippen LogP contribution in [0.3, 0.4) is 0 Å². The zero-order chi connectivity index (χ0) is 14.1. The standard InChI is InChI=1S/C13H10ClN5O/c1-8(20)16-13-12(9-4-6-15-7-5-9)19-11(17-13)3-2-10(14)18-19/h2-7H,1H3,(H,16,20). The largest absolute Gasteiger partial charge is 0.309 e. The number of hydrogen-bond acceptors (Lipinski definition) is 4. The van der Waals surface area contributed by atoms with Crippen LogP contribution in [0.15, 0.2) is 36.7 Å². The lowest BCUT2D eigenvalue weighted by molar-refractivity contribution is -0.114. The fourth-order valence-electron chi connectivity index (χ4n) is 1.93. The van der Waals surface area contributed by atoms with Gasteiger partial charge in [0.2, 0.25) is 5.91 Å². The summed E-state index contributed by atoms with van der Waals surface area (Å²) in [6, 6.07) is 7.03. The van der Waals surface area contributed by atoms with Gasteiger partial charge in [-0.2, -0.15) is 5.10 Å². The summed E-state index contributed by atoms with van der Waals surface area (Å²) in [4.78, 5) is 19.7. The van der Waals surface area contributed by atoms with Crippen molar-refractivity contribution in [1.82, 2.24) is 19.6 Å². The molecule has 1 amide bonds. The number of imidazole rings is 1. The molecule has 0 aliphatic carbocycles. The first-order chi connectivity index (χ1) is 9.65. The minimum atomic E-state index is -0.199. The number of fused-ring (bicyclic) bond motifs is 1. The Bertz CT molecular complexity index is 784. The third kappa shape index (κ3) is 2.21. The molecule has 1 N–H and O–H groups in total. The minimum absolute atomic E-state index is 0.199. The average Bonchev–Trinajstić information content (AvgIpc) is 2.76. The molecule has 20 heavy (non-hydrogen) atoms. The van der Waals surface area contributed by atoms with Gasteiger partial charge >= 0.3 is 0 Å². The average molecular weight is 288 g/mol. The SMILES string of the molecule is CC(=O)Nc1nc2ccc(Cl)nn2c1-c1ccncc1. The van der Waals surface area contributed by atoms with E-state index < -0.39 is 0 Å². The van der Waals surface area contributed by atoms with Gasteiger partial charge in [-0.1, -0.05) is 11.6 Å². The summed E-state index contributed by atoms with van der Waals surface area (Å²) in [5, 5.41) is 7.28. The Morgan fingerprint density at radius 1 is 1.25 bits per heavy atom. The van der Waals surface area contributed by atoms with E-state index in [1.54, 1.807) is 29.0 Å². The number of nitrogens with zero attached hydrogens (tertiary/aromatic N) is 4. The Kier molecular flexibility index (Phi) is 3.08. The molecule has 0 spiro atoms. The lowest BCUT2D eigenvalue weighted by atomic mass is 10.2. The molecule has 3 aromatic heterocycles. The lowest BCUT2D eigenvalue weighted by Gasteiger charge is -2.04. The molecule has 6 nitrogen and oxygen atoms in total. The van der Waals surface area contributed by atoms with E-state index in [1.165, 1.54) is 6.92 Å². The Labute approximate surface area is 119 Å². The van der Waals surface area contributed by atoms with Crippen molar-refractivity contribution in [3.8, 4) is 11.3 Å². The number of pyridine rings is 1. The van der Waals surface area contributed by atoms with Gasteiger partial charge in [-0.15, -0.1) is 0 Å². The van der Waals surface area contributed by atoms with E-state index in [0.29, 0.717) is 22.3 Å². The van der Waals surface area contributed by atoms with Crippen LogP contribution in [0.2, 0.25) is 5.15 Å². The van der Waals surface area contributed by atoms with Crippen molar-refractivity contribution in [2.45, 2.75) is 6.92 Å². The molecular weight excluding hydrogens is 278 g/mol. The van der Waals surface area contributed by atoms with Gasteiger partial charge in [0.25, 0.3) is 0 Å². The Morgan fingerprint density at radius 2 is 2.00 bits per heavy atom. The maximum Gasteiger partial charge on any atom is 0.222 e. The topological polar surface area (TPSA) is 72.2 Å². The first-order valence-corrected chi connectivity index (χ1v) is 6.26. The predicted molar refractivity (Wildman–Crippen MR) is 75.5 cm³/mol. The van der Waals surface area contributed by atoms with Gasteiger partial charge < -0.3 is 5.32 Å². The lowest BCUT2D eigenvalue weighted by Crippen LogP contribution is -2.07. The van der Waals surface area contributed by atoms with E-state index in [-0.39, 0.29) is 5.91 Å². The number of carbonyl (C=O) groups excluding carboxylic acids is 1. The number of hydrogen-bond donors (Lipinski definition) is 1. The van der Waals surface area contributed by atoms with E-state index >= 15 is 0 Å². The van der Waals surface area contributed by atoms with Gasteiger partial charge in [-0.05, 0) is 24.3 Å². The first-order valence-electron chi connectivity index (χ1n) is 5.88. The third-order valence-electron chi connectivity index (χ3n) is 2.69. The fourth-order valence-corrected chi connectivity index (χ4v) is 2.07. The molecule has 3 aromatic rings. The number of carbonyl (C=O) groups is 1. The number of aromatic nitrogens is 4. The summed E-state index contributed by atoms with van der Waals surface area (Å²) in [5.41, 5.74) is 2.11.